The van der Waals surface area contributed by atoms with Gasteiger partial charge in [-0.25, -0.2) is 4.98 Å². The molecule has 94 valence electrons. The van der Waals surface area contributed by atoms with Crippen molar-refractivity contribution in [1.29, 1.82) is 5.26 Å². The molecule has 2 aromatic rings. The summed E-state index contributed by atoms with van der Waals surface area (Å²) in [5.41, 5.74) is 2.54. The minimum atomic E-state index is 0.107. The van der Waals surface area contributed by atoms with E-state index in [0.717, 1.165) is 30.4 Å². The molecule has 0 amide bonds. The first-order chi connectivity index (χ1) is 8.60. The summed E-state index contributed by atoms with van der Waals surface area (Å²) in [7, 11) is 0. The fraction of sp³-hybridized carbons (Fsp3) is 0.462. The number of aromatic nitrogens is 3. The average Bonchev–Trinajstić information content (AvgIpc) is 2.72. The van der Waals surface area contributed by atoms with Crippen molar-refractivity contribution in [3.63, 3.8) is 0 Å². The van der Waals surface area contributed by atoms with Crippen LogP contribution in [0.25, 0.3) is 5.65 Å². The van der Waals surface area contributed by atoms with Crippen molar-refractivity contribution >= 4 is 5.65 Å². The standard InChI is InChI=1S/C13H16N4O/c1-4-5-6-10-8(2)11(7-14)12-15-9(3)16-17(12)13(10)18/h18H,4-6H2,1-3H3. The van der Waals surface area contributed by atoms with Crippen LogP contribution in [0, 0.1) is 25.2 Å². The summed E-state index contributed by atoms with van der Waals surface area (Å²) in [5.74, 6) is 0.657. The van der Waals surface area contributed by atoms with Gasteiger partial charge in [0.2, 0.25) is 5.88 Å². The third-order valence-corrected chi connectivity index (χ3v) is 3.13. The highest BCUT2D eigenvalue weighted by Gasteiger charge is 2.18. The molecule has 0 unspecified atom stereocenters. The van der Waals surface area contributed by atoms with Gasteiger partial charge in [0.15, 0.2) is 5.65 Å². The third kappa shape index (κ3) is 1.80. The summed E-state index contributed by atoms with van der Waals surface area (Å²) in [6.45, 7) is 5.69. The van der Waals surface area contributed by atoms with E-state index in [1.807, 2.05) is 6.92 Å². The lowest BCUT2D eigenvalue weighted by atomic mass is 10.0. The first-order valence-electron chi connectivity index (χ1n) is 6.08. The Labute approximate surface area is 106 Å². The van der Waals surface area contributed by atoms with E-state index in [9.17, 15) is 10.4 Å². The summed E-state index contributed by atoms with van der Waals surface area (Å²) in [6.07, 6.45) is 2.76. The number of unbranched alkanes of at least 4 members (excludes halogenated alkanes) is 1. The van der Waals surface area contributed by atoms with Gasteiger partial charge < -0.3 is 5.11 Å². The Morgan fingerprint density at radius 1 is 1.39 bits per heavy atom. The van der Waals surface area contributed by atoms with E-state index in [4.69, 9.17) is 0 Å². The number of fused-ring (bicyclic) bond motifs is 1. The number of rotatable bonds is 3. The maximum atomic E-state index is 10.2. The molecule has 5 heteroatoms. The molecule has 0 fully saturated rings. The average molecular weight is 244 g/mol. The fourth-order valence-corrected chi connectivity index (χ4v) is 2.13. The van der Waals surface area contributed by atoms with Gasteiger partial charge in [-0.1, -0.05) is 13.3 Å². The zero-order valence-corrected chi connectivity index (χ0v) is 10.9. The van der Waals surface area contributed by atoms with Gasteiger partial charge in [-0.05, 0) is 32.3 Å². The maximum Gasteiger partial charge on any atom is 0.217 e. The van der Waals surface area contributed by atoms with Gasteiger partial charge in [0.25, 0.3) is 0 Å². The van der Waals surface area contributed by atoms with E-state index in [1.165, 1.54) is 4.52 Å². The van der Waals surface area contributed by atoms with Crippen molar-refractivity contribution in [3.05, 3.63) is 22.5 Å². The minimum Gasteiger partial charge on any atom is -0.493 e. The smallest absolute Gasteiger partial charge is 0.217 e. The zero-order valence-electron chi connectivity index (χ0n) is 10.9. The quantitative estimate of drug-likeness (QED) is 0.898. The minimum absolute atomic E-state index is 0.107. The second-order valence-corrected chi connectivity index (χ2v) is 4.41. The van der Waals surface area contributed by atoms with E-state index in [2.05, 4.69) is 23.1 Å². The van der Waals surface area contributed by atoms with Gasteiger partial charge in [0, 0.05) is 5.56 Å². The van der Waals surface area contributed by atoms with Gasteiger partial charge in [-0.15, -0.1) is 5.10 Å². The molecule has 0 saturated heterocycles. The van der Waals surface area contributed by atoms with Crippen molar-refractivity contribution < 1.29 is 5.11 Å². The van der Waals surface area contributed by atoms with Gasteiger partial charge >= 0.3 is 0 Å². The highest BCUT2D eigenvalue weighted by Crippen LogP contribution is 2.28. The number of nitriles is 1. The van der Waals surface area contributed by atoms with Crippen LogP contribution in [-0.4, -0.2) is 19.7 Å². The summed E-state index contributed by atoms with van der Waals surface area (Å²) in [6, 6.07) is 2.16. The van der Waals surface area contributed by atoms with Crippen molar-refractivity contribution in [2.75, 3.05) is 0 Å². The number of nitrogens with zero attached hydrogens (tertiary/aromatic N) is 4. The summed E-state index contributed by atoms with van der Waals surface area (Å²) < 4.78 is 1.37. The van der Waals surface area contributed by atoms with E-state index < -0.39 is 0 Å². The first-order valence-corrected chi connectivity index (χ1v) is 6.08. The van der Waals surface area contributed by atoms with Crippen LogP contribution in [0.15, 0.2) is 0 Å². The van der Waals surface area contributed by atoms with Crippen LogP contribution in [-0.2, 0) is 6.42 Å². The van der Waals surface area contributed by atoms with Crippen LogP contribution in [0.3, 0.4) is 0 Å². The Kier molecular flexibility index (Phi) is 3.19. The monoisotopic (exact) mass is 244 g/mol. The molecule has 0 radical (unpaired) electrons. The molecule has 5 nitrogen and oxygen atoms in total. The van der Waals surface area contributed by atoms with E-state index in [-0.39, 0.29) is 5.88 Å². The lowest BCUT2D eigenvalue weighted by molar-refractivity contribution is 0.427. The predicted molar refractivity (Wildman–Crippen MR) is 67.5 cm³/mol. The Balaban J connectivity index is 2.75. The van der Waals surface area contributed by atoms with Crippen LogP contribution < -0.4 is 0 Å². The molecule has 1 N–H and O–H groups in total. The zero-order chi connectivity index (χ0) is 13.3. The summed E-state index contributed by atoms with van der Waals surface area (Å²) in [4.78, 5) is 4.20. The predicted octanol–water partition coefficient (Wildman–Crippen LogP) is 2.27. The number of pyridine rings is 1. The van der Waals surface area contributed by atoms with Crippen molar-refractivity contribution in [2.45, 2.75) is 40.0 Å². The second kappa shape index (κ2) is 4.65. The van der Waals surface area contributed by atoms with Crippen LogP contribution >= 0.6 is 0 Å². The SMILES string of the molecule is CCCCc1c(C)c(C#N)c2nc(C)nn2c1O. The van der Waals surface area contributed by atoms with Gasteiger partial charge in [-0.2, -0.15) is 9.78 Å². The Hall–Kier alpha value is -2.09. The molecule has 2 aromatic heterocycles. The van der Waals surface area contributed by atoms with Crippen molar-refractivity contribution in [2.24, 2.45) is 0 Å². The van der Waals surface area contributed by atoms with Gasteiger partial charge in [0.05, 0.1) is 0 Å². The number of aromatic hydroxyl groups is 1. The van der Waals surface area contributed by atoms with E-state index >= 15 is 0 Å². The van der Waals surface area contributed by atoms with Gasteiger partial charge in [0.1, 0.15) is 17.5 Å². The lowest BCUT2D eigenvalue weighted by Gasteiger charge is -2.10. The Morgan fingerprint density at radius 2 is 2.11 bits per heavy atom. The molecule has 2 rings (SSSR count). The first kappa shape index (κ1) is 12.4. The van der Waals surface area contributed by atoms with Crippen LogP contribution in [0.1, 0.15) is 42.3 Å². The molecule has 0 bridgehead atoms. The molecule has 0 atom stereocenters. The van der Waals surface area contributed by atoms with E-state index in [0.29, 0.717) is 17.0 Å². The lowest BCUT2D eigenvalue weighted by Crippen LogP contribution is -2.02. The largest absolute Gasteiger partial charge is 0.493 e. The molecule has 0 aliphatic heterocycles. The molecule has 18 heavy (non-hydrogen) atoms. The van der Waals surface area contributed by atoms with Gasteiger partial charge in [-0.3, -0.25) is 0 Å². The fourth-order valence-electron chi connectivity index (χ4n) is 2.13. The number of hydrogen-bond acceptors (Lipinski definition) is 4. The van der Waals surface area contributed by atoms with Crippen LogP contribution in [0.5, 0.6) is 5.88 Å². The topological polar surface area (TPSA) is 74.2 Å². The molecule has 0 aliphatic rings. The van der Waals surface area contributed by atoms with Crippen molar-refractivity contribution in [3.8, 4) is 11.9 Å². The maximum absolute atomic E-state index is 10.2. The van der Waals surface area contributed by atoms with E-state index in [1.54, 1.807) is 6.92 Å². The molecule has 0 saturated carbocycles. The summed E-state index contributed by atoms with van der Waals surface area (Å²) in [5, 5.41) is 23.6. The normalized spacial score (nSPS) is 10.8. The van der Waals surface area contributed by atoms with Crippen LogP contribution in [0.4, 0.5) is 0 Å². The highest BCUT2D eigenvalue weighted by atomic mass is 16.3. The molecular formula is C13H16N4O. The Morgan fingerprint density at radius 3 is 2.72 bits per heavy atom. The third-order valence-electron chi connectivity index (χ3n) is 3.13. The highest BCUT2D eigenvalue weighted by molar-refractivity contribution is 5.63. The molecule has 0 aromatic carbocycles. The number of aryl methyl sites for hydroxylation is 1. The van der Waals surface area contributed by atoms with Crippen LogP contribution in [0.2, 0.25) is 0 Å². The second-order valence-electron chi connectivity index (χ2n) is 4.41. The van der Waals surface area contributed by atoms with Crippen molar-refractivity contribution in [1.82, 2.24) is 14.6 Å². The molecule has 0 spiro atoms. The molecule has 0 aliphatic carbocycles. The molecule has 2 heterocycles. The Bertz CT molecular complexity index is 637. The molecular weight excluding hydrogens is 228 g/mol. The summed E-state index contributed by atoms with van der Waals surface area (Å²) >= 11 is 0. The number of hydrogen-bond donors (Lipinski definition) is 1.